The summed E-state index contributed by atoms with van der Waals surface area (Å²) in [5.41, 5.74) is 7.28. The minimum absolute atomic E-state index is 0. The first-order chi connectivity index (χ1) is 6.74. The van der Waals surface area contributed by atoms with Crippen molar-refractivity contribution >= 4 is 35.6 Å². The van der Waals surface area contributed by atoms with E-state index in [2.05, 4.69) is 0 Å². The summed E-state index contributed by atoms with van der Waals surface area (Å²) in [7, 11) is 0. The van der Waals surface area contributed by atoms with Crippen molar-refractivity contribution in [2.75, 3.05) is 18.0 Å². The lowest BCUT2D eigenvalue weighted by Gasteiger charge is -2.15. The Bertz CT molecular complexity index is 382. The summed E-state index contributed by atoms with van der Waals surface area (Å²) in [6.45, 7) is 0.737. The number of halogens is 2. The molecule has 0 unspecified atom stereocenters. The van der Waals surface area contributed by atoms with Gasteiger partial charge in [0.2, 0.25) is 5.91 Å². The van der Waals surface area contributed by atoms with E-state index in [0.29, 0.717) is 6.54 Å². The van der Waals surface area contributed by atoms with Crippen LogP contribution in [0.25, 0.3) is 0 Å². The van der Waals surface area contributed by atoms with Gasteiger partial charge >= 0.3 is 0 Å². The zero-order chi connectivity index (χ0) is 10.1. The maximum Gasteiger partial charge on any atom is 0.240 e. The first kappa shape index (κ1) is 12.3. The smallest absolute Gasteiger partial charge is 0.240 e. The summed E-state index contributed by atoms with van der Waals surface area (Å²) >= 11 is 6.01. The fourth-order valence-electron chi connectivity index (χ4n) is 1.76. The molecule has 0 saturated heterocycles. The molecule has 1 aromatic rings. The molecule has 1 aromatic carbocycles. The molecule has 0 aliphatic carbocycles. The average Bonchev–Trinajstić information content (AvgIpc) is 2.62. The molecule has 0 saturated carbocycles. The third-order valence-corrected chi connectivity index (χ3v) is 2.80. The second-order valence-corrected chi connectivity index (χ2v) is 3.64. The monoisotopic (exact) mass is 246 g/mol. The molecule has 0 fully saturated rings. The van der Waals surface area contributed by atoms with Crippen LogP contribution in [-0.2, 0) is 11.2 Å². The van der Waals surface area contributed by atoms with Crippen LogP contribution in [-0.4, -0.2) is 19.0 Å². The molecule has 82 valence electrons. The van der Waals surface area contributed by atoms with Gasteiger partial charge in [-0.05, 0) is 24.1 Å². The number of carbonyl (C=O) groups is 1. The first-order valence-corrected chi connectivity index (χ1v) is 4.89. The van der Waals surface area contributed by atoms with Crippen molar-refractivity contribution < 1.29 is 4.79 Å². The Labute approximate surface area is 99.6 Å². The Morgan fingerprint density at radius 1 is 1.53 bits per heavy atom. The fourth-order valence-corrected chi connectivity index (χ4v) is 2.02. The number of hydrogen-bond donors (Lipinski definition) is 1. The Morgan fingerprint density at radius 3 is 2.93 bits per heavy atom. The summed E-state index contributed by atoms with van der Waals surface area (Å²) in [4.78, 5) is 13.1. The molecule has 1 aliphatic rings. The number of anilines is 1. The van der Waals surface area contributed by atoms with Crippen LogP contribution in [0.5, 0.6) is 0 Å². The second-order valence-electron chi connectivity index (χ2n) is 3.24. The molecule has 5 heteroatoms. The van der Waals surface area contributed by atoms with Gasteiger partial charge < -0.3 is 10.6 Å². The van der Waals surface area contributed by atoms with Gasteiger partial charge in [0.05, 0.1) is 6.54 Å². The summed E-state index contributed by atoms with van der Waals surface area (Å²) < 4.78 is 0. The zero-order valence-electron chi connectivity index (χ0n) is 8.07. The Kier molecular flexibility index (Phi) is 3.97. The molecule has 2 N–H and O–H groups in total. The van der Waals surface area contributed by atoms with Crippen molar-refractivity contribution in [3.05, 3.63) is 28.8 Å². The quantitative estimate of drug-likeness (QED) is 0.819. The molecule has 3 nitrogen and oxygen atoms in total. The largest absolute Gasteiger partial charge is 0.322 e. The van der Waals surface area contributed by atoms with E-state index < -0.39 is 0 Å². The molecule has 15 heavy (non-hydrogen) atoms. The molecule has 0 radical (unpaired) electrons. The molecule has 1 heterocycles. The van der Waals surface area contributed by atoms with Crippen molar-refractivity contribution in [1.82, 2.24) is 0 Å². The van der Waals surface area contributed by atoms with Crippen molar-refractivity contribution in [2.45, 2.75) is 6.42 Å². The van der Waals surface area contributed by atoms with Gasteiger partial charge in [-0.2, -0.15) is 0 Å². The number of nitrogens with zero attached hydrogens (tertiary/aromatic N) is 1. The van der Waals surface area contributed by atoms with Crippen LogP contribution in [0.3, 0.4) is 0 Å². The highest BCUT2D eigenvalue weighted by Gasteiger charge is 2.24. The summed E-state index contributed by atoms with van der Waals surface area (Å²) in [5, 5.41) is 0.731. The average molecular weight is 247 g/mol. The van der Waals surface area contributed by atoms with Crippen LogP contribution in [0, 0.1) is 0 Å². The van der Waals surface area contributed by atoms with Crippen LogP contribution < -0.4 is 10.6 Å². The molecule has 2 rings (SSSR count). The van der Waals surface area contributed by atoms with Crippen molar-refractivity contribution in [2.24, 2.45) is 5.73 Å². The molecule has 1 amide bonds. The molecule has 0 aromatic heterocycles. The normalized spacial score (nSPS) is 13.3. The number of carbonyl (C=O) groups excluding carboxylic acids is 1. The summed E-state index contributed by atoms with van der Waals surface area (Å²) in [6.07, 6.45) is 0.820. The van der Waals surface area contributed by atoms with Crippen LogP contribution >= 0.6 is 24.0 Å². The van der Waals surface area contributed by atoms with Gasteiger partial charge in [-0.15, -0.1) is 12.4 Å². The lowest BCUT2D eigenvalue weighted by atomic mass is 10.2. The van der Waals surface area contributed by atoms with E-state index >= 15 is 0 Å². The van der Waals surface area contributed by atoms with E-state index in [4.69, 9.17) is 17.3 Å². The topological polar surface area (TPSA) is 46.3 Å². The van der Waals surface area contributed by atoms with E-state index in [9.17, 15) is 4.79 Å². The van der Waals surface area contributed by atoms with Gasteiger partial charge in [0.1, 0.15) is 0 Å². The molecule has 0 atom stereocenters. The van der Waals surface area contributed by atoms with Crippen molar-refractivity contribution in [1.29, 1.82) is 0 Å². The van der Waals surface area contributed by atoms with Crippen LogP contribution in [0.4, 0.5) is 5.69 Å². The number of fused-ring (bicyclic) bond motifs is 1. The van der Waals surface area contributed by atoms with Gasteiger partial charge in [-0.3, -0.25) is 4.79 Å². The van der Waals surface area contributed by atoms with Crippen molar-refractivity contribution in [3.63, 3.8) is 0 Å². The minimum Gasteiger partial charge on any atom is -0.322 e. The second kappa shape index (κ2) is 4.84. The van der Waals surface area contributed by atoms with Gasteiger partial charge in [0, 0.05) is 17.3 Å². The third kappa shape index (κ3) is 2.09. The van der Waals surface area contributed by atoms with Crippen LogP contribution in [0.1, 0.15) is 5.56 Å². The van der Waals surface area contributed by atoms with Gasteiger partial charge in [-0.1, -0.05) is 17.7 Å². The first-order valence-electron chi connectivity index (χ1n) is 4.52. The van der Waals surface area contributed by atoms with Gasteiger partial charge in [-0.25, -0.2) is 0 Å². The predicted octanol–water partition coefficient (Wildman–Crippen LogP) is 1.61. The highest BCUT2D eigenvalue weighted by atomic mass is 35.5. The van der Waals surface area contributed by atoms with Crippen molar-refractivity contribution in [3.8, 4) is 0 Å². The lowest BCUT2D eigenvalue weighted by molar-refractivity contribution is -0.117. The Hall–Kier alpha value is -0.770. The van der Waals surface area contributed by atoms with Gasteiger partial charge in [0.25, 0.3) is 0 Å². The lowest BCUT2D eigenvalue weighted by Crippen LogP contribution is -2.34. The molecule has 0 spiro atoms. The maximum absolute atomic E-state index is 11.4. The van der Waals surface area contributed by atoms with E-state index in [1.807, 2.05) is 18.2 Å². The highest BCUT2D eigenvalue weighted by Crippen LogP contribution is 2.32. The number of hydrogen-bond acceptors (Lipinski definition) is 2. The van der Waals surface area contributed by atoms with Gasteiger partial charge in [0.15, 0.2) is 0 Å². The van der Waals surface area contributed by atoms with Crippen LogP contribution in [0.2, 0.25) is 5.02 Å². The van der Waals surface area contributed by atoms with E-state index in [-0.39, 0.29) is 24.9 Å². The van der Waals surface area contributed by atoms with E-state index in [1.54, 1.807) is 4.90 Å². The number of rotatable bonds is 1. The number of benzene rings is 1. The van der Waals surface area contributed by atoms with E-state index in [1.165, 1.54) is 0 Å². The number of nitrogens with two attached hydrogens (primary N) is 1. The Balaban J connectivity index is 0.00000112. The third-order valence-electron chi connectivity index (χ3n) is 2.45. The SMILES string of the molecule is Cl.NCC(=O)N1CCc2c(Cl)cccc21. The molecule has 1 aliphatic heterocycles. The van der Waals surface area contributed by atoms with E-state index in [0.717, 1.165) is 22.7 Å². The fraction of sp³-hybridized carbons (Fsp3) is 0.300. The zero-order valence-corrected chi connectivity index (χ0v) is 9.64. The molecule has 0 bridgehead atoms. The minimum atomic E-state index is -0.0500. The standard InChI is InChI=1S/C10H11ClN2O.ClH/c11-8-2-1-3-9-7(8)4-5-13(9)10(14)6-12;/h1-3H,4-6,12H2;1H. The summed E-state index contributed by atoms with van der Waals surface area (Å²) in [5.74, 6) is -0.0500. The predicted molar refractivity (Wildman–Crippen MR) is 63.8 cm³/mol. The van der Waals surface area contributed by atoms with Crippen LogP contribution in [0.15, 0.2) is 18.2 Å². The highest BCUT2D eigenvalue weighted by molar-refractivity contribution is 6.32. The number of amides is 1. The molecular formula is C10H12Cl2N2O. The molecular weight excluding hydrogens is 235 g/mol. The Morgan fingerprint density at radius 2 is 2.27 bits per heavy atom. The maximum atomic E-state index is 11.4. The summed E-state index contributed by atoms with van der Waals surface area (Å²) in [6, 6.07) is 5.60.